The normalized spacial score (nSPS) is 21.0. The van der Waals surface area contributed by atoms with Gasteiger partial charge in [-0.05, 0) is 18.9 Å². The maximum absolute atomic E-state index is 13.3. The molecule has 0 aromatic heterocycles. The molecule has 1 aliphatic rings. The van der Waals surface area contributed by atoms with Crippen LogP contribution in [0.5, 0.6) is 0 Å². The third-order valence-corrected chi connectivity index (χ3v) is 4.81. The second-order valence-electron chi connectivity index (χ2n) is 6.82. The lowest BCUT2D eigenvalue weighted by Gasteiger charge is -2.28. The molecule has 0 spiro atoms. The highest BCUT2D eigenvalue weighted by atomic mass is 19.4. The fourth-order valence-electron chi connectivity index (χ4n) is 3.15. The standard InChI is InChI=1S/C18H21F3N2O4/c1-11-3-5-13(6-4-11)14(22-12(2)24)9-15(25)23-8-7-17(10-23,16(26)27)18(19,20)21/h3-6,14H,7-10H2,1-2H3,(H,22,24)(H,26,27). The summed E-state index contributed by atoms with van der Waals surface area (Å²) < 4.78 is 39.8. The number of nitrogens with zero attached hydrogens (tertiary/aromatic N) is 1. The van der Waals surface area contributed by atoms with Crippen LogP contribution in [-0.4, -0.2) is 47.1 Å². The number of halogens is 3. The van der Waals surface area contributed by atoms with Crippen LogP contribution in [-0.2, 0) is 14.4 Å². The largest absolute Gasteiger partial charge is 0.481 e. The first-order valence-corrected chi connectivity index (χ1v) is 8.38. The van der Waals surface area contributed by atoms with Gasteiger partial charge in [0.1, 0.15) is 0 Å². The summed E-state index contributed by atoms with van der Waals surface area (Å²) in [6, 6.07) is 6.34. The summed E-state index contributed by atoms with van der Waals surface area (Å²) in [5.74, 6) is -3.01. The molecule has 1 aliphatic heterocycles. The molecule has 2 unspecified atom stereocenters. The summed E-state index contributed by atoms with van der Waals surface area (Å²) in [5.41, 5.74) is -1.33. The smallest absolute Gasteiger partial charge is 0.406 e. The molecule has 148 valence electrons. The Morgan fingerprint density at radius 1 is 1.26 bits per heavy atom. The highest BCUT2D eigenvalue weighted by Gasteiger charge is 2.64. The number of carbonyl (C=O) groups excluding carboxylic acids is 2. The molecule has 0 bridgehead atoms. The highest BCUT2D eigenvalue weighted by molar-refractivity contribution is 5.82. The van der Waals surface area contributed by atoms with Crippen LogP contribution in [0.3, 0.4) is 0 Å². The molecule has 1 aromatic carbocycles. The number of amides is 2. The molecular formula is C18H21F3N2O4. The average Bonchev–Trinajstić information content (AvgIpc) is 3.01. The number of nitrogens with one attached hydrogen (secondary N) is 1. The SMILES string of the molecule is CC(=O)NC(CC(=O)N1CCC(C(=O)O)(C(F)(F)F)C1)c1ccc(C)cc1. The molecule has 9 heteroatoms. The zero-order valence-corrected chi connectivity index (χ0v) is 15.0. The lowest BCUT2D eigenvalue weighted by atomic mass is 9.86. The van der Waals surface area contributed by atoms with Crippen LogP contribution in [0, 0.1) is 12.3 Å². The molecular weight excluding hydrogens is 365 g/mol. The summed E-state index contributed by atoms with van der Waals surface area (Å²) in [6.07, 6.45) is -5.90. The summed E-state index contributed by atoms with van der Waals surface area (Å²) in [7, 11) is 0. The number of aryl methyl sites for hydroxylation is 1. The Kier molecular flexibility index (Phi) is 5.82. The third kappa shape index (κ3) is 4.40. The van der Waals surface area contributed by atoms with Crippen molar-refractivity contribution in [2.75, 3.05) is 13.1 Å². The van der Waals surface area contributed by atoms with Gasteiger partial charge in [0.2, 0.25) is 11.8 Å². The number of hydrogen-bond acceptors (Lipinski definition) is 3. The van der Waals surface area contributed by atoms with Gasteiger partial charge in [0.05, 0.1) is 12.5 Å². The number of benzene rings is 1. The van der Waals surface area contributed by atoms with Crippen LogP contribution in [0.1, 0.15) is 36.9 Å². The molecule has 6 nitrogen and oxygen atoms in total. The maximum atomic E-state index is 13.3. The van der Waals surface area contributed by atoms with E-state index in [9.17, 15) is 27.6 Å². The van der Waals surface area contributed by atoms with Crippen molar-refractivity contribution in [2.45, 2.75) is 38.9 Å². The van der Waals surface area contributed by atoms with Crippen molar-refractivity contribution in [3.05, 3.63) is 35.4 Å². The minimum atomic E-state index is -4.96. The Balaban J connectivity index is 2.17. The first-order valence-electron chi connectivity index (χ1n) is 8.38. The predicted octanol–water partition coefficient (Wildman–Crippen LogP) is 2.43. The second kappa shape index (κ2) is 7.58. The monoisotopic (exact) mass is 386 g/mol. The number of carbonyl (C=O) groups is 3. The van der Waals surface area contributed by atoms with E-state index in [1.165, 1.54) is 6.92 Å². The molecule has 1 heterocycles. The zero-order valence-electron chi connectivity index (χ0n) is 15.0. The van der Waals surface area contributed by atoms with Gasteiger partial charge in [-0.15, -0.1) is 0 Å². The number of carboxylic acid groups (broad SMARTS) is 1. The number of alkyl halides is 3. The van der Waals surface area contributed by atoms with E-state index >= 15 is 0 Å². The van der Waals surface area contributed by atoms with Gasteiger partial charge in [-0.3, -0.25) is 14.4 Å². The van der Waals surface area contributed by atoms with Crippen molar-refractivity contribution in [1.82, 2.24) is 10.2 Å². The van der Waals surface area contributed by atoms with E-state index in [2.05, 4.69) is 5.32 Å². The van der Waals surface area contributed by atoms with Crippen molar-refractivity contribution in [1.29, 1.82) is 0 Å². The highest BCUT2D eigenvalue weighted by Crippen LogP contribution is 2.46. The predicted molar refractivity (Wildman–Crippen MR) is 89.7 cm³/mol. The van der Waals surface area contributed by atoms with Crippen molar-refractivity contribution in [3.63, 3.8) is 0 Å². The van der Waals surface area contributed by atoms with E-state index < -0.39 is 42.5 Å². The van der Waals surface area contributed by atoms with E-state index in [1.54, 1.807) is 24.3 Å². The second-order valence-corrected chi connectivity index (χ2v) is 6.82. The van der Waals surface area contributed by atoms with Gasteiger partial charge in [0.15, 0.2) is 5.41 Å². The fraction of sp³-hybridized carbons (Fsp3) is 0.500. The molecule has 0 aliphatic carbocycles. The topological polar surface area (TPSA) is 86.7 Å². The summed E-state index contributed by atoms with van der Waals surface area (Å²) in [6.45, 7) is 1.92. The molecule has 2 atom stereocenters. The summed E-state index contributed by atoms with van der Waals surface area (Å²) in [5, 5.41) is 11.7. The van der Waals surface area contributed by atoms with E-state index in [0.29, 0.717) is 5.56 Å². The van der Waals surface area contributed by atoms with Gasteiger partial charge in [0.25, 0.3) is 0 Å². The lowest BCUT2D eigenvalue weighted by Crippen LogP contribution is -2.48. The quantitative estimate of drug-likeness (QED) is 0.814. The van der Waals surface area contributed by atoms with Crippen LogP contribution in [0.15, 0.2) is 24.3 Å². The lowest BCUT2D eigenvalue weighted by molar-refractivity contribution is -0.227. The van der Waals surface area contributed by atoms with E-state index in [1.807, 2.05) is 6.92 Å². The van der Waals surface area contributed by atoms with Crippen LogP contribution in [0.4, 0.5) is 13.2 Å². The Hall–Kier alpha value is -2.58. The van der Waals surface area contributed by atoms with Crippen molar-refractivity contribution in [3.8, 4) is 0 Å². The molecule has 2 N–H and O–H groups in total. The number of carboxylic acids is 1. The number of rotatable bonds is 5. The molecule has 2 rings (SSSR count). The maximum Gasteiger partial charge on any atom is 0.406 e. The number of hydrogen-bond donors (Lipinski definition) is 2. The molecule has 1 aromatic rings. The van der Waals surface area contributed by atoms with E-state index in [-0.39, 0.29) is 18.9 Å². The average molecular weight is 386 g/mol. The van der Waals surface area contributed by atoms with Crippen molar-refractivity contribution in [2.24, 2.45) is 5.41 Å². The summed E-state index contributed by atoms with van der Waals surface area (Å²) >= 11 is 0. The van der Waals surface area contributed by atoms with Crippen LogP contribution < -0.4 is 5.32 Å². The first kappa shape index (κ1) is 20.7. The van der Waals surface area contributed by atoms with Gasteiger partial charge < -0.3 is 15.3 Å². The first-order chi connectivity index (χ1) is 12.5. The van der Waals surface area contributed by atoms with Gasteiger partial charge in [-0.1, -0.05) is 29.8 Å². The Labute approximate surface area is 154 Å². The molecule has 2 amide bonds. The van der Waals surface area contributed by atoms with E-state index in [4.69, 9.17) is 5.11 Å². The molecule has 1 saturated heterocycles. The molecule has 0 saturated carbocycles. The van der Waals surface area contributed by atoms with Crippen LogP contribution in [0.25, 0.3) is 0 Å². The van der Waals surface area contributed by atoms with Crippen LogP contribution in [0.2, 0.25) is 0 Å². The van der Waals surface area contributed by atoms with Gasteiger partial charge >= 0.3 is 12.1 Å². The van der Waals surface area contributed by atoms with Crippen LogP contribution >= 0.6 is 0 Å². The van der Waals surface area contributed by atoms with Crippen molar-refractivity contribution >= 4 is 17.8 Å². The summed E-state index contributed by atoms with van der Waals surface area (Å²) in [4.78, 5) is 36.1. The Morgan fingerprint density at radius 2 is 1.85 bits per heavy atom. The number of likely N-dealkylation sites (tertiary alicyclic amines) is 1. The molecule has 27 heavy (non-hydrogen) atoms. The van der Waals surface area contributed by atoms with Gasteiger partial charge in [-0.25, -0.2) is 0 Å². The van der Waals surface area contributed by atoms with Gasteiger partial charge in [-0.2, -0.15) is 13.2 Å². The zero-order chi connectivity index (χ0) is 20.4. The Morgan fingerprint density at radius 3 is 2.30 bits per heavy atom. The minimum absolute atomic E-state index is 0.254. The van der Waals surface area contributed by atoms with E-state index in [0.717, 1.165) is 10.5 Å². The fourth-order valence-corrected chi connectivity index (χ4v) is 3.15. The van der Waals surface area contributed by atoms with Crippen molar-refractivity contribution < 1.29 is 32.7 Å². The third-order valence-electron chi connectivity index (χ3n) is 4.81. The van der Waals surface area contributed by atoms with Gasteiger partial charge in [0, 0.05) is 20.0 Å². The minimum Gasteiger partial charge on any atom is -0.481 e. The Bertz CT molecular complexity index is 733. The molecule has 1 fully saturated rings. The number of aliphatic carboxylic acids is 1. The molecule has 0 radical (unpaired) electrons.